The Balaban J connectivity index is 1.55. The molecule has 2 aliphatic carbocycles. The zero-order chi connectivity index (χ0) is 8.73. The van der Waals surface area contributed by atoms with Crippen molar-refractivity contribution in [2.24, 2.45) is 5.41 Å². The van der Waals surface area contributed by atoms with Gasteiger partial charge < -0.3 is 4.90 Å². The van der Waals surface area contributed by atoms with Crippen LogP contribution in [0.4, 0.5) is 0 Å². The van der Waals surface area contributed by atoms with Crippen LogP contribution in [0, 0.1) is 5.41 Å². The molecule has 0 radical (unpaired) electrons. The molecule has 0 aromatic rings. The van der Waals surface area contributed by atoms with Crippen LogP contribution in [0.15, 0.2) is 0 Å². The van der Waals surface area contributed by atoms with Crippen LogP contribution in [0.5, 0.6) is 0 Å². The van der Waals surface area contributed by atoms with Crippen molar-refractivity contribution in [1.29, 1.82) is 0 Å². The molecule has 0 unspecified atom stereocenters. The zero-order valence-electron chi connectivity index (χ0n) is 8.60. The minimum Gasteiger partial charge on any atom is -0.300 e. The van der Waals surface area contributed by atoms with E-state index in [1.54, 1.807) is 25.7 Å². The van der Waals surface area contributed by atoms with Crippen molar-refractivity contribution in [3.05, 3.63) is 0 Å². The molecule has 1 aliphatic heterocycles. The Labute approximate surface area is 81.5 Å². The highest BCUT2D eigenvalue weighted by Gasteiger charge is 2.45. The van der Waals surface area contributed by atoms with Gasteiger partial charge in [-0.3, -0.25) is 0 Å². The van der Waals surface area contributed by atoms with E-state index in [-0.39, 0.29) is 0 Å². The summed E-state index contributed by atoms with van der Waals surface area (Å²) in [6.45, 7) is 2.80. The lowest BCUT2D eigenvalue weighted by molar-refractivity contribution is 0.156. The van der Waals surface area contributed by atoms with Crippen LogP contribution in [0.3, 0.4) is 0 Å². The van der Waals surface area contributed by atoms with Gasteiger partial charge in [0.2, 0.25) is 0 Å². The van der Waals surface area contributed by atoms with Crippen molar-refractivity contribution in [2.45, 2.75) is 57.4 Å². The zero-order valence-corrected chi connectivity index (χ0v) is 8.60. The van der Waals surface area contributed by atoms with Gasteiger partial charge in [-0.05, 0) is 69.9 Å². The standard InChI is InChI=1S/C12H21N/c1-2-10-13(9-1)11-3-5-12(6-4-11)7-8-12/h11H,1-10H2. The number of nitrogens with zero attached hydrogens (tertiary/aromatic N) is 1. The highest BCUT2D eigenvalue weighted by Crippen LogP contribution is 2.56. The molecule has 13 heavy (non-hydrogen) atoms. The van der Waals surface area contributed by atoms with E-state index in [2.05, 4.69) is 4.90 Å². The normalized spacial score (nSPS) is 34.2. The van der Waals surface area contributed by atoms with Gasteiger partial charge in [0.25, 0.3) is 0 Å². The molecule has 74 valence electrons. The third-order valence-corrected chi connectivity index (χ3v) is 4.63. The molecule has 3 aliphatic rings. The lowest BCUT2D eigenvalue weighted by Gasteiger charge is -2.34. The summed E-state index contributed by atoms with van der Waals surface area (Å²) < 4.78 is 0. The molecule has 0 amide bonds. The molecular formula is C12H21N. The average Bonchev–Trinajstić information content (AvgIpc) is 2.71. The van der Waals surface area contributed by atoms with Crippen LogP contribution >= 0.6 is 0 Å². The van der Waals surface area contributed by atoms with Crippen LogP contribution in [0.1, 0.15) is 51.4 Å². The Morgan fingerprint density at radius 2 is 1.46 bits per heavy atom. The van der Waals surface area contributed by atoms with Crippen molar-refractivity contribution < 1.29 is 0 Å². The van der Waals surface area contributed by atoms with E-state index in [1.807, 2.05) is 0 Å². The van der Waals surface area contributed by atoms with Gasteiger partial charge in [0, 0.05) is 6.04 Å². The highest BCUT2D eigenvalue weighted by atomic mass is 15.2. The van der Waals surface area contributed by atoms with Crippen LogP contribution in [-0.4, -0.2) is 24.0 Å². The van der Waals surface area contributed by atoms with Crippen LogP contribution < -0.4 is 0 Å². The maximum absolute atomic E-state index is 2.76. The lowest BCUT2D eigenvalue weighted by Crippen LogP contribution is -2.36. The van der Waals surface area contributed by atoms with Crippen molar-refractivity contribution in [1.82, 2.24) is 4.90 Å². The molecule has 0 aromatic heterocycles. The second-order valence-corrected chi connectivity index (χ2v) is 5.47. The van der Waals surface area contributed by atoms with Gasteiger partial charge in [-0.1, -0.05) is 0 Å². The summed E-state index contributed by atoms with van der Waals surface area (Å²) in [5.41, 5.74) is 0.885. The fourth-order valence-electron chi connectivity index (χ4n) is 3.36. The lowest BCUT2D eigenvalue weighted by atomic mass is 9.83. The fraction of sp³-hybridized carbons (Fsp3) is 1.00. The van der Waals surface area contributed by atoms with E-state index in [4.69, 9.17) is 0 Å². The monoisotopic (exact) mass is 179 g/mol. The molecule has 1 heteroatoms. The Hall–Kier alpha value is -0.0400. The first-order valence-corrected chi connectivity index (χ1v) is 6.12. The first-order chi connectivity index (χ1) is 6.38. The van der Waals surface area contributed by atoms with E-state index in [9.17, 15) is 0 Å². The van der Waals surface area contributed by atoms with Crippen molar-refractivity contribution >= 4 is 0 Å². The second kappa shape index (κ2) is 2.98. The molecule has 3 rings (SSSR count). The van der Waals surface area contributed by atoms with E-state index < -0.39 is 0 Å². The average molecular weight is 179 g/mol. The van der Waals surface area contributed by atoms with Gasteiger partial charge in [-0.25, -0.2) is 0 Å². The Morgan fingerprint density at radius 3 is 2.00 bits per heavy atom. The maximum atomic E-state index is 2.76. The maximum Gasteiger partial charge on any atom is 0.00956 e. The summed E-state index contributed by atoms with van der Waals surface area (Å²) in [5, 5.41) is 0. The predicted octanol–water partition coefficient (Wildman–Crippen LogP) is 2.81. The van der Waals surface area contributed by atoms with E-state index in [0.717, 1.165) is 11.5 Å². The Bertz CT molecular complexity index is 179. The first-order valence-electron chi connectivity index (χ1n) is 6.12. The predicted molar refractivity (Wildman–Crippen MR) is 54.7 cm³/mol. The summed E-state index contributed by atoms with van der Waals surface area (Å²) >= 11 is 0. The molecule has 1 spiro atoms. The molecule has 1 saturated heterocycles. The summed E-state index contributed by atoms with van der Waals surface area (Å²) in [6, 6.07) is 0.980. The molecule has 1 nitrogen and oxygen atoms in total. The molecule has 3 fully saturated rings. The molecule has 0 atom stereocenters. The molecule has 0 aromatic carbocycles. The third kappa shape index (κ3) is 1.52. The Morgan fingerprint density at radius 1 is 0.846 bits per heavy atom. The number of hydrogen-bond donors (Lipinski definition) is 0. The van der Waals surface area contributed by atoms with Crippen molar-refractivity contribution in [2.75, 3.05) is 13.1 Å². The smallest absolute Gasteiger partial charge is 0.00956 e. The van der Waals surface area contributed by atoms with Gasteiger partial charge in [-0.15, -0.1) is 0 Å². The van der Waals surface area contributed by atoms with Gasteiger partial charge in [-0.2, -0.15) is 0 Å². The van der Waals surface area contributed by atoms with Gasteiger partial charge in [0.05, 0.1) is 0 Å². The van der Waals surface area contributed by atoms with Crippen LogP contribution in [0.25, 0.3) is 0 Å². The topological polar surface area (TPSA) is 3.24 Å². The molecule has 0 bridgehead atoms. The van der Waals surface area contributed by atoms with E-state index >= 15 is 0 Å². The highest BCUT2D eigenvalue weighted by molar-refractivity contribution is 4.98. The summed E-state index contributed by atoms with van der Waals surface area (Å²) in [6.07, 6.45) is 12.2. The third-order valence-electron chi connectivity index (χ3n) is 4.63. The summed E-state index contributed by atoms with van der Waals surface area (Å²) in [5.74, 6) is 0. The fourth-order valence-corrected chi connectivity index (χ4v) is 3.36. The Kier molecular flexibility index (Phi) is 1.90. The van der Waals surface area contributed by atoms with Gasteiger partial charge in [0.15, 0.2) is 0 Å². The van der Waals surface area contributed by atoms with Crippen LogP contribution in [0.2, 0.25) is 0 Å². The van der Waals surface area contributed by atoms with E-state index in [1.165, 1.54) is 38.8 Å². The van der Waals surface area contributed by atoms with Crippen LogP contribution in [-0.2, 0) is 0 Å². The van der Waals surface area contributed by atoms with Crippen molar-refractivity contribution in [3.63, 3.8) is 0 Å². The molecular weight excluding hydrogens is 158 g/mol. The molecule has 2 saturated carbocycles. The SMILES string of the molecule is C1CCN(C2CCC3(CC2)CC3)C1. The second-order valence-electron chi connectivity index (χ2n) is 5.47. The number of likely N-dealkylation sites (tertiary alicyclic amines) is 1. The minimum absolute atomic E-state index is 0.885. The number of hydrogen-bond acceptors (Lipinski definition) is 1. The van der Waals surface area contributed by atoms with Crippen molar-refractivity contribution in [3.8, 4) is 0 Å². The minimum atomic E-state index is 0.885. The summed E-state index contributed by atoms with van der Waals surface area (Å²) in [4.78, 5) is 2.76. The molecule has 1 heterocycles. The summed E-state index contributed by atoms with van der Waals surface area (Å²) in [7, 11) is 0. The van der Waals surface area contributed by atoms with E-state index in [0.29, 0.717) is 0 Å². The molecule has 0 N–H and O–H groups in total. The first kappa shape index (κ1) is 8.28. The number of rotatable bonds is 1. The van der Waals surface area contributed by atoms with Gasteiger partial charge >= 0.3 is 0 Å². The largest absolute Gasteiger partial charge is 0.300 e. The quantitative estimate of drug-likeness (QED) is 0.598. The van der Waals surface area contributed by atoms with Gasteiger partial charge in [0.1, 0.15) is 0 Å².